The van der Waals surface area contributed by atoms with Gasteiger partial charge in [-0.15, -0.1) is 0 Å². The summed E-state index contributed by atoms with van der Waals surface area (Å²) in [6.07, 6.45) is 1.71. The van der Waals surface area contributed by atoms with Gasteiger partial charge in [0.1, 0.15) is 10.7 Å². The Morgan fingerprint density at radius 3 is 2.82 bits per heavy atom. The van der Waals surface area contributed by atoms with E-state index in [-0.39, 0.29) is 4.99 Å². The van der Waals surface area contributed by atoms with Gasteiger partial charge >= 0.3 is 0 Å². The fraction of sp³-hybridized carbons (Fsp3) is 0.0833. The number of aryl methyl sites for hydroxylation is 1. The highest BCUT2D eigenvalue weighted by atomic mass is 32.1. The third-order valence-corrected chi connectivity index (χ3v) is 2.36. The van der Waals surface area contributed by atoms with Crippen LogP contribution in [0.25, 0.3) is 0 Å². The van der Waals surface area contributed by atoms with E-state index >= 15 is 0 Å². The summed E-state index contributed by atoms with van der Waals surface area (Å²) in [6.45, 7) is 1.87. The van der Waals surface area contributed by atoms with Crippen LogP contribution in [0.15, 0.2) is 36.5 Å². The minimum atomic E-state index is 0.248. The summed E-state index contributed by atoms with van der Waals surface area (Å²) in [4.78, 5) is 8.57. The summed E-state index contributed by atoms with van der Waals surface area (Å²) in [7, 11) is 0. The molecular formula is C12H11N3OS. The van der Waals surface area contributed by atoms with Gasteiger partial charge in [0.25, 0.3) is 0 Å². The molecule has 0 unspecified atom stereocenters. The second kappa shape index (κ2) is 4.88. The van der Waals surface area contributed by atoms with Gasteiger partial charge in [0, 0.05) is 12.3 Å². The minimum Gasteiger partial charge on any atom is -0.437 e. The van der Waals surface area contributed by atoms with Crippen LogP contribution in [0.4, 0.5) is 0 Å². The molecule has 0 saturated carbocycles. The molecule has 0 radical (unpaired) electrons. The highest BCUT2D eigenvalue weighted by Crippen LogP contribution is 2.21. The first-order valence-corrected chi connectivity index (χ1v) is 5.44. The lowest BCUT2D eigenvalue weighted by Crippen LogP contribution is -2.11. The lowest BCUT2D eigenvalue weighted by Gasteiger charge is -2.07. The molecule has 0 bridgehead atoms. The third kappa shape index (κ3) is 2.76. The molecule has 0 atom stereocenters. The van der Waals surface area contributed by atoms with E-state index in [0.29, 0.717) is 17.3 Å². The van der Waals surface area contributed by atoms with Crippen LogP contribution < -0.4 is 10.5 Å². The van der Waals surface area contributed by atoms with Crippen LogP contribution in [-0.4, -0.2) is 15.0 Å². The van der Waals surface area contributed by atoms with Crippen molar-refractivity contribution in [2.24, 2.45) is 5.73 Å². The largest absolute Gasteiger partial charge is 0.437 e. The summed E-state index contributed by atoms with van der Waals surface area (Å²) < 4.78 is 5.61. The molecular weight excluding hydrogens is 234 g/mol. The van der Waals surface area contributed by atoms with E-state index in [2.05, 4.69) is 9.97 Å². The molecule has 0 aliphatic carbocycles. The molecule has 0 amide bonds. The zero-order valence-electron chi connectivity index (χ0n) is 9.25. The maximum atomic E-state index is 5.61. The average Bonchev–Trinajstić information content (AvgIpc) is 2.32. The Balaban J connectivity index is 2.28. The van der Waals surface area contributed by atoms with Gasteiger partial charge in [-0.3, -0.25) is 4.98 Å². The first-order chi connectivity index (χ1) is 8.16. The first-order valence-electron chi connectivity index (χ1n) is 5.03. The third-order valence-electron chi connectivity index (χ3n) is 2.15. The molecule has 0 aromatic carbocycles. The lowest BCUT2D eigenvalue weighted by atomic mass is 10.3. The summed E-state index contributed by atoms with van der Waals surface area (Å²) in [6, 6.07) is 8.92. The van der Waals surface area contributed by atoms with E-state index < -0.39 is 0 Å². The van der Waals surface area contributed by atoms with Crippen molar-refractivity contribution < 1.29 is 4.74 Å². The average molecular weight is 245 g/mol. The minimum absolute atomic E-state index is 0.248. The number of rotatable bonds is 3. The highest BCUT2D eigenvalue weighted by Gasteiger charge is 2.04. The smallest absolute Gasteiger partial charge is 0.219 e. The van der Waals surface area contributed by atoms with E-state index in [9.17, 15) is 0 Å². The van der Waals surface area contributed by atoms with Crippen molar-refractivity contribution >= 4 is 17.2 Å². The Morgan fingerprint density at radius 2 is 2.12 bits per heavy atom. The monoisotopic (exact) mass is 245 g/mol. The molecule has 0 fully saturated rings. The molecule has 2 aromatic heterocycles. The summed E-state index contributed by atoms with van der Waals surface area (Å²) in [5.74, 6) is 1.12. The summed E-state index contributed by atoms with van der Waals surface area (Å²) >= 11 is 4.86. The predicted molar refractivity (Wildman–Crippen MR) is 69.2 cm³/mol. The maximum Gasteiger partial charge on any atom is 0.219 e. The van der Waals surface area contributed by atoms with Crippen molar-refractivity contribution in [2.75, 3.05) is 0 Å². The zero-order chi connectivity index (χ0) is 12.3. The standard InChI is InChI=1S/C12H11N3OS/c1-8-10(5-3-7-14-8)16-11-6-2-4-9(15-11)12(13)17/h2-7H,1H3,(H2,13,17). The van der Waals surface area contributed by atoms with Crippen LogP contribution in [0.1, 0.15) is 11.4 Å². The molecule has 0 aliphatic rings. The molecule has 2 rings (SSSR count). The van der Waals surface area contributed by atoms with Crippen LogP contribution in [-0.2, 0) is 0 Å². The Labute approximate surface area is 104 Å². The van der Waals surface area contributed by atoms with Crippen LogP contribution in [0.3, 0.4) is 0 Å². The molecule has 2 heterocycles. The molecule has 0 spiro atoms. The van der Waals surface area contributed by atoms with E-state index in [4.69, 9.17) is 22.7 Å². The number of hydrogen-bond donors (Lipinski definition) is 1. The van der Waals surface area contributed by atoms with Gasteiger partial charge in [0.05, 0.1) is 5.69 Å². The first kappa shape index (κ1) is 11.5. The van der Waals surface area contributed by atoms with Gasteiger partial charge in [0.15, 0.2) is 5.75 Å². The normalized spacial score (nSPS) is 9.94. The Morgan fingerprint density at radius 1 is 1.29 bits per heavy atom. The van der Waals surface area contributed by atoms with Crippen molar-refractivity contribution in [3.8, 4) is 11.6 Å². The van der Waals surface area contributed by atoms with E-state index in [1.54, 1.807) is 30.5 Å². The zero-order valence-corrected chi connectivity index (χ0v) is 10.1. The van der Waals surface area contributed by atoms with Gasteiger partial charge in [-0.1, -0.05) is 18.3 Å². The number of pyridine rings is 2. The lowest BCUT2D eigenvalue weighted by molar-refractivity contribution is 0.456. The van der Waals surface area contributed by atoms with Crippen molar-refractivity contribution in [1.82, 2.24) is 9.97 Å². The van der Waals surface area contributed by atoms with Gasteiger partial charge in [-0.25, -0.2) is 4.98 Å². The molecule has 5 heteroatoms. The van der Waals surface area contributed by atoms with Crippen LogP contribution in [0.2, 0.25) is 0 Å². The molecule has 0 saturated heterocycles. The second-order valence-corrected chi connectivity index (χ2v) is 3.85. The second-order valence-electron chi connectivity index (χ2n) is 3.41. The SMILES string of the molecule is Cc1ncccc1Oc1cccc(C(N)=S)n1. The summed E-state index contributed by atoms with van der Waals surface area (Å²) in [5.41, 5.74) is 6.85. The number of nitrogens with zero attached hydrogens (tertiary/aromatic N) is 2. The number of thiocarbonyl (C=S) groups is 1. The topological polar surface area (TPSA) is 61.0 Å². The van der Waals surface area contributed by atoms with Crippen molar-refractivity contribution in [3.05, 3.63) is 47.9 Å². The fourth-order valence-electron chi connectivity index (χ4n) is 1.30. The predicted octanol–water partition coefficient (Wildman–Crippen LogP) is 2.21. The van der Waals surface area contributed by atoms with Gasteiger partial charge in [-0.2, -0.15) is 0 Å². The quantitative estimate of drug-likeness (QED) is 0.840. The van der Waals surface area contributed by atoms with Crippen molar-refractivity contribution in [2.45, 2.75) is 6.92 Å². The number of hydrogen-bond acceptors (Lipinski definition) is 4. The molecule has 86 valence electrons. The van der Waals surface area contributed by atoms with Gasteiger partial charge < -0.3 is 10.5 Å². The Hall–Kier alpha value is -2.01. The number of nitrogens with two attached hydrogens (primary N) is 1. The highest BCUT2D eigenvalue weighted by molar-refractivity contribution is 7.80. The Kier molecular flexibility index (Phi) is 3.30. The molecule has 17 heavy (non-hydrogen) atoms. The number of aromatic nitrogens is 2. The van der Waals surface area contributed by atoms with Gasteiger partial charge in [0.2, 0.25) is 5.88 Å². The molecule has 2 N–H and O–H groups in total. The van der Waals surface area contributed by atoms with Crippen molar-refractivity contribution in [3.63, 3.8) is 0 Å². The van der Waals surface area contributed by atoms with Crippen LogP contribution in [0, 0.1) is 6.92 Å². The molecule has 0 aliphatic heterocycles. The van der Waals surface area contributed by atoms with Gasteiger partial charge in [-0.05, 0) is 25.1 Å². The van der Waals surface area contributed by atoms with Crippen molar-refractivity contribution in [1.29, 1.82) is 0 Å². The summed E-state index contributed by atoms with van der Waals surface area (Å²) in [5, 5.41) is 0. The van der Waals surface area contributed by atoms with Crippen LogP contribution >= 0.6 is 12.2 Å². The fourth-order valence-corrected chi connectivity index (χ4v) is 1.41. The van der Waals surface area contributed by atoms with E-state index in [0.717, 1.165) is 5.69 Å². The maximum absolute atomic E-state index is 5.61. The van der Waals surface area contributed by atoms with Crippen LogP contribution in [0.5, 0.6) is 11.6 Å². The number of ether oxygens (including phenoxy) is 1. The molecule has 2 aromatic rings. The van der Waals surface area contributed by atoms with E-state index in [1.807, 2.05) is 13.0 Å². The molecule has 4 nitrogen and oxygen atoms in total. The van der Waals surface area contributed by atoms with E-state index in [1.165, 1.54) is 0 Å². The Bertz CT molecular complexity index is 557.